The van der Waals surface area contributed by atoms with Crippen molar-refractivity contribution in [1.29, 1.82) is 0 Å². The number of nitrogen functional groups attached to an aromatic ring is 1. The smallest absolute Gasteiger partial charge is 0.168 e. The standard InChI is InChI=1S/C14H15N5S/c1-2-19-8-7-16-14(19)20-9-12-17-11-6-4-3-5-10(11)13(15)18-12/h3-8H,2,9H2,1H3,(H2,15,17,18). The fraction of sp³-hybridized carbons (Fsp3) is 0.214. The summed E-state index contributed by atoms with van der Waals surface area (Å²) in [6.45, 7) is 3.00. The Morgan fingerprint density at radius 2 is 2.10 bits per heavy atom. The van der Waals surface area contributed by atoms with Gasteiger partial charge in [-0.3, -0.25) is 0 Å². The lowest BCUT2D eigenvalue weighted by molar-refractivity contribution is 0.681. The van der Waals surface area contributed by atoms with Gasteiger partial charge in [-0.15, -0.1) is 0 Å². The summed E-state index contributed by atoms with van der Waals surface area (Å²) >= 11 is 1.62. The molecule has 0 saturated heterocycles. The minimum Gasteiger partial charge on any atom is -0.383 e. The number of nitrogens with zero attached hydrogens (tertiary/aromatic N) is 4. The molecule has 0 radical (unpaired) electrons. The number of fused-ring (bicyclic) bond motifs is 1. The Balaban J connectivity index is 1.84. The van der Waals surface area contributed by atoms with Gasteiger partial charge in [-0.25, -0.2) is 15.0 Å². The molecule has 2 aromatic heterocycles. The molecule has 0 spiro atoms. The van der Waals surface area contributed by atoms with E-state index in [0.717, 1.165) is 28.4 Å². The third-order valence-corrected chi connectivity index (χ3v) is 4.03. The Bertz CT molecular complexity index is 737. The molecule has 0 aliphatic heterocycles. The SMILES string of the molecule is CCn1ccnc1SCc1nc(N)c2ccccc2n1. The van der Waals surface area contributed by atoms with Crippen molar-refractivity contribution in [1.82, 2.24) is 19.5 Å². The van der Waals surface area contributed by atoms with Crippen LogP contribution < -0.4 is 5.73 Å². The summed E-state index contributed by atoms with van der Waals surface area (Å²) in [7, 11) is 0. The molecule has 0 bridgehead atoms. The number of aromatic nitrogens is 4. The molecule has 0 aliphatic carbocycles. The van der Waals surface area contributed by atoms with Crippen molar-refractivity contribution in [3.8, 4) is 0 Å². The van der Waals surface area contributed by atoms with Crippen molar-refractivity contribution in [3.05, 3.63) is 42.5 Å². The van der Waals surface area contributed by atoms with E-state index in [0.29, 0.717) is 11.6 Å². The van der Waals surface area contributed by atoms with E-state index >= 15 is 0 Å². The van der Waals surface area contributed by atoms with Crippen molar-refractivity contribution in [2.45, 2.75) is 24.4 Å². The highest BCUT2D eigenvalue weighted by Crippen LogP contribution is 2.22. The Morgan fingerprint density at radius 1 is 1.25 bits per heavy atom. The van der Waals surface area contributed by atoms with Crippen molar-refractivity contribution in [3.63, 3.8) is 0 Å². The Labute approximate surface area is 121 Å². The lowest BCUT2D eigenvalue weighted by atomic mass is 10.2. The van der Waals surface area contributed by atoms with E-state index < -0.39 is 0 Å². The summed E-state index contributed by atoms with van der Waals surface area (Å²) < 4.78 is 2.09. The number of hydrogen-bond acceptors (Lipinski definition) is 5. The van der Waals surface area contributed by atoms with Gasteiger partial charge in [0, 0.05) is 24.3 Å². The zero-order valence-corrected chi connectivity index (χ0v) is 12.0. The third kappa shape index (κ3) is 2.46. The maximum Gasteiger partial charge on any atom is 0.168 e. The van der Waals surface area contributed by atoms with Gasteiger partial charge in [-0.2, -0.15) is 0 Å². The number of anilines is 1. The Hall–Kier alpha value is -2.08. The van der Waals surface area contributed by atoms with Gasteiger partial charge in [0.15, 0.2) is 5.16 Å². The number of nitrogens with two attached hydrogens (primary N) is 1. The fourth-order valence-corrected chi connectivity index (χ4v) is 2.90. The van der Waals surface area contributed by atoms with Gasteiger partial charge < -0.3 is 10.3 Å². The first-order valence-corrected chi connectivity index (χ1v) is 7.41. The molecule has 0 atom stereocenters. The first-order chi connectivity index (χ1) is 9.78. The molecular formula is C14H15N5S. The molecule has 5 nitrogen and oxygen atoms in total. The zero-order valence-electron chi connectivity index (χ0n) is 11.2. The first-order valence-electron chi connectivity index (χ1n) is 6.43. The van der Waals surface area contributed by atoms with Crippen molar-refractivity contribution in [2.24, 2.45) is 0 Å². The van der Waals surface area contributed by atoms with E-state index in [1.54, 1.807) is 18.0 Å². The van der Waals surface area contributed by atoms with Gasteiger partial charge in [0.1, 0.15) is 11.6 Å². The summed E-state index contributed by atoms with van der Waals surface area (Å²) in [5.74, 6) is 1.92. The van der Waals surface area contributed by atoms with Crippen LogP contribution in [0.2, 0.25) is 0 Å². The molecule has 102 valence electrons. The van der Waals surface area contributed by atoms with Crippen LogP contribution in [-0.2, 0) is 12.3 Å². The summed E-state index contributed by atoms with van der Waals surface area (Å²) in [5.41, 5.74) is 6.86. The van der Waals surface area contributed by atoms with Crippen LogP contribution in [0, 0.1) is 0 Å². The van der Waals surface area contributed by atoms with Crippen LogP contribution in [0.25, 0.3) is 10.9 Å². The molecule has 0 saturated carbocycles. The summed E-state index contributed by atoms with van der Waals surface area (Å²) in [6.07, 6.45) is 3.78. The highest BCUT2D eigenvalue weighted by atomic mass is 32.2. The van der Waals surface area contributed by atoms with Gasteiger partial charge in [0.05, 0.1) is 11.3 Å². The van der Waals surface area contributed by atoms with Gasteiger partial charge >= 0.3 is 0 Å². The molecule has 2 N–H and O–H groups in total. The van der Waals surface area contributed by atoms with Gasteiger partial charge in [-0.05, 0) is 19.1 Å². The van der Waals surface area contributed by atoms with Crippen molar-refractivity contribution in [2.75, 3.05) is 5.73 Å². The Morgan fingerprint density at radius 3 is 2.95 bits per heavy atom. The Kier molecular flexibility index (Phi) is 3.56. The molecule has 0 aliphatic rings. The minimum absolute atomic E-state index is 0.532. The van der Waals surface area contributed by atoms with Crippen LogP contribution in [0.4, 0.5) is 5.82 Å². The van der Waals surface area contributed by atoms with E-state index in [-0.39, 0.29) is 0 Å². The molecule has 20 heavy (non-hydrogen) atoms. The molecule has 3 aromatic rings. The summed E-state index contributed by atoms with van der Waals surface area (Å²) in [6, 6.07) is 7.78. The topological polar surface area (TPSA) is 69.6 Å². The van der Waals surface area contributed by atoms with Crippen LogP contribution >= 0.6 is 11.8 Å². The molecular weight excluding hydrogens is 270 g/mol. The molecule has 6 heteroatoms. The highest BCUT2D eigenvalue weighted by molar-refractivity contribution is 7.98. The predicted molar refractivity (Wildman–Crippen MR) is 81.4 cm³/mol. The van der Waals surface area contributed by atoms with Gasteiger partial charge in [-0.1, -0.05) is 23.9 Å². The second-order valence-electron chi connectivity index (χ2n) is 4.33. The van der Waals surface area contributed by atoms with Crippen LogP contribution in [0.15, 0.2) is 41.8 Å². The molecule has 0 fully saturated rings. The predicted octanol–water partition coefficient (Wildman–Crippen LogP) is 2.72. The van der Waals surface area contributed by atoms with Gasteiger partial charge in [0.25, 0.3) is 0 Å². The molecule has 3 rings (SSSR count). The molecule has 1 aromatic carbocycles. The normalized spacial score (nSPS) is 11.1. The summed E-state index contributed by atoms with van der Waals surface area (Å²) in [4.78, 5) is 13.2. The average Bonchev–Trinajstić information content (AvgIpc) is 2.93. The lowest BCUT2D eigenvalue weighted by Crippen LogP contribution is -2.01. The van der Waals surface area contributed by atoms with Crippen LogP contribution in [0.3, 0.4) is 0 Å². The van der Waals surface area contributed by atoms with E-state index in [4.69, 9.17) is 5.73 Å². The maximum atomic E-state index is 5.98. The van der Waals surface area contributed by atoms with E-state index in [1.807, 2.05) is 30.5 Å². The highest BCUT2D eigenvalue weighted by Gasteiger charge is 2.07. The van der Waals surface area contributed by atoms with Crippen molar-refractivity contribution < 1.29 is 0 Å². The van der Waals surface area contributed by atoms with E-state index in [2.05, 4.69) is 26.4 Å². The number of thioether (sulfide) groups is 1. The second kappa shape index (κ2) is 5.50. The maximum absolute atomic E-state index is 5.98. The van der Waals surface area contributed by atoms with Crippen LogP contribution in [0.1, 0.15) is 12.7 Å². The van der Waals surface area contributed by atoms with E-state index in [1.165, 1.54) is 0 Å². The lowest BCUT2D eigenvalue weighted by Gasteiger charge is -2.06. The van der Waals surface area contributed by atoms with Crippen LogP contribution in [-0.4, -0.2) is 19.5 Å². The monoisotopic (exact) mass is 285 g/mol. The summed E-state index contributed by atoms with van der Waals surface area (Å²) in [5, 5.41) is 1.87. The van der Waals surface area contributed by atoms with Gasteiger partial charge in [0.2, 0.25) is 0 Å². The number of para-hydroxylation sites is 1. The zero-order chi connectivity index (χ0) is 13.9. The number of hydrogen-bond donors (Lipinski definition) is 1. The average molecular weight is 285 g/mol. The van der Waals surface area contributed by atoms with Crippen LogP contribution in [0.5, 0.6) is 0 Å². The quantitative estimate of drug-likeness (QED) is 0.746. The minimum atomic E-state index is 0.532. The first kappa shape index (κ1) is 12.9. The number of aryl methyl sites for hydroxylation is 1. The number of rotatable bonds is 4. The van der Waals surface area contributed by atoms with Crippen molar-refractivity contribution >= 4 is 28.5 Å². The number of imidazole rings is 1. The third-order valence-electron chi connectivity index (χ3n) is 3.03. The number of benzene rings is 1. The second-order valence-corrected chi connectivity index (χ2v) is 5.27. The molecule has 2 heterocycles. The molecule has 0 unspecified atom stereocenters. The largest absolute Gasteiger partial charge is 0.383 e. The fourth-order valence-electron chi connectivity index (χ4n) is 2.02. The molecule has 0 amide bonds. The van der Waals surface area contributed by atoms with E-state index in [9.17, 15) is 0 Å².